The van der Waals surface area contributed by atoms with E-state index >= 15 is 0 Å². The topological polar surface area (TPSA) is 106 Å². The van der Waals surface area contributed by atoms with Gasteiger partial charge in [-0.15, -0.1) is 0 Å². The van der Waals surface area contributed by atoms with Gasteiger partial charge in [0, 0.05) is 11.8 Å². The second kappa shape index (κ2) is 6.35. The van der Waals surface area contributed by atoms with Gasteiger partial charge in [-0.1, -0.05) is 13.8 Å². The Labute approximate surface area is 152 Å². The van der Waals surface area contributed by atoms with Crippen LogP contribution in [0.1, 0.15) is 30.7 Å². The predicted octanol–water partition coefficient (Wildman–Crippen LogP) is 3.21. The predicted molar refractivity (Wildman–Crippen MR) is 97.8 cm³/mol. The number of fused-ring (bicyclic) bond motifs is 1. The van der Waals surface area contributed by atoms with E-state index in [1.54, 1.807) is 26.0 Å². The van der Waals surface area contributed by atoms with Gasteiger partial charge in [0.05, 0.1) is 5.69 Å². The lowest BCUT2D eigenvalue weighted by Gasteiger charge is -2.05. The van der Waals surface area contributed by atoms with Crippen LogP contribution in [0.3, 0.4) is 0 Å². The van der Waals surface area contributed by atoms with Crippen LogP contribution in [0, 0.1) is 19.8 Å². The maximum Gasteiger partial charge on any atom is 0.251 e. The fraction of sp³-hybridized carbons (Fsp3) is 0.389. The first-order valence-corrected chi connectivity index (χ1v) is 10.1. The summed E-state index contributed by atoms with van der Waals surface area (Å²) < 4.78 is 29.6. The van der Waals surface area contributed by atoms with E-state index in [1.807, 2.05) is 13.8 Å². The van der Waals surface area contributed by atoms with Crippen LogP contribution in [0.5, 0.6) is 5.75 Å². The summed E-state index contributed by atoms with van der Waals surface area (Å²) in [5, 5.41) is 9.68. The number of phenolic OH excluding ortho intramolecular Hbond substituents is 1. The van der Waals surface area contributed by atoms with E-state index in [4.69, 9.17) is 4.42 Å². The highest BCUT2D eigenvalue weighted by Crippen LogP contribution is 2.31. The zero-order chi connectivity index (χ0) is 19.2. The fourth-order valence-corrected chi connectivity index (χ4v) is 3.28. The van der Waals surface area contributed by atoms with Crippen molar-refractivity contribution in [3.05, 3.63) is 29.0 Å². The average Bonchev–Trinajstić information content (AvgIpc) is 2.95. The Morgan fingerprint density at radius 1 is 1.12 bits per heavy atom. The number of aromatic nitrogens is 3. The molecule has 7 nitrogen and oxygen atoms in total. The van der Waals surface area contributed by atoms with Crippen molar-refractivity contribution in [3.8, 4) is 17.2 Å². The maximum atomic E-state index is 11.9. The number of benzene rings is 1. The van der Waals surface area contributed by atoms with Crippen LogP contribution >= 0.6 is 0 Å². The molecule has 2 heterocycles. The summed E-state index contributed by atoms with van der Waals surface area (Å²) in [7, 11) is -3.57. The minimum Gasteiger partial charge on any atom is -0.507 e. The van der Waals surface area contributed by atoms with Gasteiger partial charge in [0.15, 0.2) is 5.52 Å². The number of phenols is 1. The van der Waals surface area contributed by atoms with Crippen LogP contribution in [-0.4, -0.2) is 34.7 Å². The van der Waals surface area contributed by atoms with Crippen LogP contribution < -0.4 is 0 Å². The monoisotopic (exact) mass is 375 g/mol. The Bertz CT molecular complexity index is 1080. The number of rotatable bonds is 4. The molecule has 0 atom stereocenters. The van der Waals surface area contributed by atoms with Crippen molar-refractivity contribution in [1.29, 1.82) is 0 Å². The molecular weight excluding hydrogens is 354 g/mol. The molecule has 0 aliphatic rings. The van der Waals surface area contributed by atoms with Crippen molar-refractivity contribution in [2.45, 2.75) is 39.3 Å². The van der Waals surface area contributed by atoms with Crippen LogP contribution in [-0.2, 0) is 16.3 Å². The zero-order valence-electron chi connectivity index (χ0n) is 15.4. The highest BCUT2D eigenvalue weighted by molar-refractivity contribution is 7.90. The first-order chi connectivity index (χ1) is 12.1. The first-order valence-electron chi connectivity index (χ1n) is 8.24. The van der Waals surface area contributed by atoms with Crippen molar-refractivity contribution in [1.82, 2.24) is 15.0 Å². The Morgan fingerprint density at radius 3 is 2.27 bits per heavy atom. The molecule has 0 spiro atoms. The number of hydrogen-bond donors (Lipinski definition) is 1. The summed E-state index contributed by atoms with van der Waals surface area (Å²) >= 11 is 0. The Morgan fingerprint density at radius 2 is 1.73 bits per heavy atom. The summed E-state index contributed by atoms with van der Waals surface area (Å²) in [6.45, 7) is 7.62. The van der Waals surface area contributed by atoms with Crippen LogP contribution in [0.15, 0.2) is 21.7 Å². The zero-order valence-corrected chi connectivity index (χ0v) is 16.2. The van der Waals surface area contributed by atoms with Crippen molar-refractivity contribution in [3.63, 3.8) is 0 Å². The van der Waals surface area contributed by atoms with Crippen molar-refractivity contribution in [2.24, 2.45) is 5.92 Å². The lowest BCUT2D eigenvalue weighted by Crippen LogP contribution is -2.08. The molecule has 3 rings (SSSR count). The Balaban J connectivity index is 2.24. The minimum absolute atomic E-state index is 0.148. The maximum absolute atomic E-state index is 11.9. The quantitative estimate of drug-likeness (QED) is 0.698. The average molecular weight is 375 g/mol. The third-order valence-electron chi connectivity index (χ3n) is 3.98. The molecule has 0 amide bonds. The molecule has 0 unspecified atom stereocenters. The molecule has 0 aliphatic carbocycles. The fourth-order valence-electron chi connectivity index (χ4n) is 2.75. The second-order valence-electron chi connectivity index (χ2n) is 6.95. The van der Waals surface area contributed by atoms with Crippen molar-refractivity contribution in [2.75, 3.05) is 6.26 Å². The van der Waals surface area contributed by atoms with E-state index in [0.29, 0.717) is 40.2 Å². The van der Waals surface area contributed by atoms with Gasteiger partial charge in [0.1, 0.15) is 5.75 Å². The van der Waals surface area contributed by atoms with E-state index < -0.39 is 9.84 Å². The van der Waals surface area contributed by atoms with Crippen molar-refractivity contribution >= 4 is 21.1 Å². The molecule has 0 bridgehead atoms. The van der Waals surface area contributed by atoms with Gasteiger partial charge >= 0.3 is 0 Å². The summed E-state index contributed by atoms with van der Waals surface area (Å²) in [6, 6.07) is 3.53. The normalized spacial score (nSPS) is 12.2. The number of hydrogen-bond acceptors (Lipinski definition) is 7. The van der Waals surface area contributed by atoms with E-state index in [2.05, 4.69) is 15.0 Å². The lowest BCUT2D eigenvalue weighted by atomic mass is 10.1. The molecule has 138 valence electrons. The Hall–Kier alpha value is -2.48. The summed E-state index contributed by atoms with van der Waals surface area (Å²) in [5.41, 5.74) is 3.25. The number of aryl methyl sites for hydroxylation is 2. The number of sulfone groups is 1. The van der Waals surface area contributed by atoms with Crippen LogP contribution in [0.25, 0.3) is 22.7 Å². The largest absolute Gasteiger partial charge is 0.507 e. The lowest BCUT2D eigenvalue weighted by molar-refractivity contribution is 0.467. The first kappa shape index (κ1) is 18.3. The third-order valence-corrected chi connectivity index (χ3v) is 4.83. The van der Waals surface area contributed by atoms with Crippen LogP contribution in [0.4, 0.5) is 0 Å². The highest BCUT2D eigenvalue weighted by Gasteiger charge is 2.21. The molecule has 0 saturated carbocycles. The molecule has 1 aromatic carbocycles. The SMILES string of the molecule is Cc1cc(-c2nc3c(CC(C)C)nc(S(C)(=O)=O)nc3o2)cc(C)c1O. The summed E-state index contributed by atoms with van der Waals surface area (Å²) in [5.74, 6) is 0.805. The minimum atomic E-state index is -3.57. The third kappa shape index (κ3) is 3.41. The number of aromatic hydroxyl groups is 1. The van der Waals surface area contributed by atoms with E-state index in [9.17, 15) is 13.5 Å². The van der Waals surface area contributed by atoms with Gasteiger partial charge < -0.3 is 9.52 Å². The standard InChI is InChI=1S/C18H21N3O4S/c1-9(2)6-13-14-17(21-18(19-13)26(5,23)24)25-16(20-14)12-7-10(3)15(22)11(4)8-12/h7-9,22H,6H2,1-5H3. The molecule has 2 aromatic heterocycles. The molecule has 0 saturated heterocycles. The molecule has 1 N–H and O–H groups in total. The van der Waals surface area contributed by atoms with E-state index in [0.717, 1.165) is 6.26 Å². The summed E-state index contributed by atoms with van der Waals surface area (Å²) in [6.07, 6.45) is 1.62. The molecule has 8 heteroatoms. The van der Waals surface area contributed by atoms with Gasteiger partial charge in [0.2, 0.25) is 20.9 Å². The molecule has 3 aromatic rings. The molecular formula is C18H21N3O4S. The highest BCUT2D eigenvalue weighted by atomic mass is 32.2. The van der Waals surface area contributed by atoms with Gasteiger partial charge in [-0.2, -0.15) is 4.98 Å². The molecule has 0 fully saturated rings. The Kier molecular flexibility index (Phi) is 4.47. The number of oxazole rings is 1. The number of nitrogens with zero attached hydrogens (tertiary/aromatic N) is 3. The van der Waals surface area contributed by atoms with Gasteiger partial charge in [-0.25, -0.2) is 18.4 Å². The van der Waals surface area contributed by atoms with Gasteiger partial charge in [-0.05, 0) is 49.4 Å². The van der Waals surface area contributed by atoms with Gasteiger partial charge in [-0.3, -0.25) is 0 Å². The van der Waals surface area contributed by atoms with Crippen molar-refractivity contribution < 1.29 is 17.9 Å². The molecule has 0 radical (unpaired) electrons. The second-order valence-corrected chi connectivity index (χ2v) is 8.86. The van der Waals surface area contributed by atoms with Gasteiger partial charge in [0.25, 0.3) is 5.71 Å². The summed E-state index contributed by atoms with van der Waals surface area (Å²) in [4.78, 5) is 12.8. The smallest absolute Gasteiger partial charge is 0.251 e. The van der Waals surface area contributed by atoms with E-state index in [1.165, 1.54) is 0 Å². The van der Waals surface area contributed by atoms with E-state index in [-0.39, 0.29) is 22.5 Å². The van der Waals surface area contributed by atoms with Crippen LogP contribution in [0.2, 0.25) is 0 Å². The molecule has 26 heavy (non-hydrogen) atoms. The molecule has 0 aliphatic heterocycles.